The monoisotopic (exact) mass is 294 g/mol. The molecule has 0 saturated heterocycles. The van der Waals surface area contributed by atoms with Gasteiger partial charge in [0.05, 0.1) is 5.41 Å². The minimum Gasteiger partial charge on any atom is -0.399 e. The van der Waals surface area contributed by atoms with E-state index in [1.54, 1.807) is 0 Å². The molecule has 0 bridgehead atoms. The molecule has 2 N–H and O–H groups in total. The molecule has 0 saturated carbocycles. The highest BCUT2D eigenvalue weighted by Gasteiger charge is 2.35. The van der Waals surface area contributed by atoms with Gasteiger partial charge in [0.2, 0.25) is 5.91 Å². The topological polar surface area (TPSA) is 46.3 Å². The number of nitrogens with zero attached hydrogens (tertiary/aromatic N) is 1. The van der Waals surface area contributed by atoms with Crippen LogP contribution in [0.3, 0.4) is 0 Å². The minimum absolute atomic E-state index is 0.143. The number of hydrogen-bond donors (Lipinski definition) is 1. The van der Waals surface area contributed by atoms with Gasteiger partial charge >= 0.3 is 0 Å². The van der Waals surface area contributed by atoms with Gasteiger partial charge in [0.25, 0.3) is 0 Å². The normalized spacial score (nSPS) is 14.5. The van der Waals surface area contributed by atoms with Gasteiger partial charge in [-0.1, -0.05) is 30.3 Å². The first-order chi connectivity index (χ1) is 10.5. The van der Waals surface area contributed by atoms with E-state index in [9.17, 15) is 4.79 Å². The molecule has 0 radical (unpaired) electrons. The van der Waals surface area contributed by atoms with Crippen molar-refractivity contribution in [3.63, 3.8) is 0 Å². The Morgan fingerprint density at radius 2 is 1.77 bits per heavy atom. The summed E-state index contributed by atoms with van der Waals surface area (Å²) < 4.78 is 0. The van der Waals surface area contributed by atoms with E-state index in [0.29, 0.717) is 0 Å². The molecule has 114 valence electrons. The van der Waals surface area contributed by atoms with Crippen molar-refractivity contribution in [1.82, 2.24) is 0 Å². The van der Waals surface area contributed by atoms with Crippen LogP contribution in [0.25, 0.3) is 0 Å². The second-order valence-electron chi connectivity index (χ2n) is 6.44. The third-order valence-corrected chi connectivity index (χ3v) is 4.52. The number of aryl methyl sites for hydroxylation is 1. The van der Waals surface area contributed by atoms with Crippen molar-refractivity contribution in [2.45, 2.75) is 32.1 Å². The van der Waals surface area contributed by atoms with E-state index in [-0.39, 0.29) is 5.91 Å². The lowest BCUT2D eigenvalue weighted by atomic mass is 9.82. The predicted molar refractivity (Wildman–Crippen MR) is 91.0 cm³/mol. The van der Waals surface area contributed by atoms with E-state index < -0.39 is 5.41 Å². The Kier molecular flexibility index (Phi) is 3.65. The molecule has 3 heteroatoms. The van der Waals surface area contributed by atoms with Crippen LogP contribution >= 0.6 is 0 Å². The summed E-state index contributed by atoms with van der Waals surface area (Å²) in [6.07, 6.45) is 2.06. The van der Waals surface area contributed by atoms with Gasteiger partial charge in [0, 0.05) is 17.9 Å². The van der Waals surface area contributed by atoms with Crippen LogP contribution in [0.15, 0.2) is 48.5 Å². The molecule has 1 aliphatic heterocycles. The predicted octanol–water partition coefficient (Wildman–Crippen LogP) is 3.53. The fourth-order valence-corrected chi connectivity index (χ4v) is 3.11. The molecule has 2 aromatic carbocycles. The average molecular weight is 294 g/mol. The second-order valence-corrected chi connectivity index (χ2v) is 6.44. The summed E-state index contributed by atoms with van der Waals surface area (Å²) in [4.78, 5) is 15.1. The van der Waals surface area contributed by atoms with Gasteiger partial charge in [-0.25, -0.2) is 0 Å². The molecule has 0 spiro atoms. The minimum atomic E-state index is -0.571. The summed E-state index contributed by atoms with van der Waals surface area (Å²) in [5.41, 5.74) is 9.22. The Morgan fingerprint density at radius 3 is 2.50 bits per heavy atom. The van der Waals surface area contributed by atoms with Crippen molar-refractivity contribution in [3.05, 3.63) is 59.7 Å². The zero-order chi connectivity index (χ0) is 15.7. The van der Waals surface area contributed by atoms with Crippen LogP contribution in [0.2, 0.25) is 0 Å². The first-order valence-corrected chi connectivity index (χ1v) is 7.76. The van der Waals surface area contributed by atoms with E-state index >= 15 is 0 Å². The number of fused-ring (bicyclic) bond motifs is 1. The molecule has 0 aliphatic carbocycles. The van der Waals surface area contributed by atoms with Crippen LogP contribution in [-0.4, -0.2) is 12.5 Å². The van der Waals surface area contributed by atoms with E-state index in [2.05, 4.69) is 6.07 Å². The molecular weight excluding hydrogens is 272 g/mol. The lowest BCUT2D eigenvalue weighted by molar-refractivity contribution is -0.123. The lowest BCUT2D eigenvalue weighted by Crippen LogP contribution is -2.45. The second kappa shape index (κ2) is 5.48. The number of para-hydroxylation sites is 1. The molecule has 0 aromatic heterocycles. The molecule has 22 heavy (non-hydrogen) atoms. The van der Waals surface area contributed by atoms with E-state index in [0.717, 1.165) is 36.3 Å². The van der Waals surface area contributed by atoms with Crippen molar-refractivity contribution in [2.24, 2.45) is 0 Å². The van der Waals surface area contributed by atoms with Crippen LogP contribution in [0.5, 0.6) is 0 Å². The van der Waals surface area contributed by atoms with Gasteiger partial charge in [-0.05, 0) is 56.0 Å². The Morgan fingerprint density at radius 1 is 1.09 bits per heavy atom. The number of nitrogen functional groups attached to an aromatic ring is 1. The van der Waals surface area contributed by atoms with Crippen molar-refractivity contribution in [2.75, 3.05) is 17.2 Å². The van der Waals surface area contributed by atoms with Crippen molar-refractivity contribution in [3.8, 4) is 0 Å². The maximum atomic E-state index is 13.2. The third kappa shape index (κ3) is 2.47. The maximum Gasteiger partial charge on any atom is 0.237 e. The number of benzene rings is 2. The number of rotatable bonds is 2. The third-order valence-electron chi connectivity index (χ3n) is 4.52. The molecule has 3 nitrogen and oxygen atoms in total. The quantitative estimate of drug-likeness (QED) is 0.861. The highest BCUT2D eigenvalue weighted by Crippen LogP contribution is 2.33. The van der Waals surface area contributed by atoms with Crippen molar-refractivity contribution >= 4 is 17.3 Å². The van der Waals surface area contributed by atoms with Crippen molar-refractivity contribution in [1.29, 1.82) is 0 Å². The average Bonchev–Trinajstić information content (AvgIpc) is 2.54. The first kappa shape index (κ1) is 14.6. The van der Waals surface area contributed by atoms with Crippen LogP contribution in [0.1, 0.15) is 31.4 Å². The summed E-state index contributed by atoms with van der Waals surface area (Å²) in [6.45, 7) is 4.75. The summed E-state index contributed by atoms with van der Waals surface area (Å²) in [5.74, 6) is 0.143. The number of nitrogens with two attached hydrogens (primary N) is 1. The molecule has 0 atom stereocenters. The van der Waals surface area contributed by atoms with Gasteiger partial charge in [-0.2, -0.15) is 0 Å². The summed E-state index contributed by atoms with van der Waals surface area (Å²) >= 11 is 0. The fourth-order valence-electron chi connectivity index (χ4n) is 3.11. The van der Waals surface area contributed by atoms with Gasteiger partial charge < -0.3 is 10.6 Å². The number of carbonyl (C=O) groups excluding carboxylic acids is 1. The molecular formula is C19H22N2O. The van der Waals surface area contributed by atoms with Gasteiger partial charge in [-0.3, -0.25) is 4.79 Å². The smallest absolute Gasteiger partial charge is 0.237 e. The fraction of sp³-hybridized carbons (Fsp3) is 0.316. The van der Waals surface area contributed by atoms with Crippen LogP contribution in [0.4, 0.5) is 11.4 Å². The molecule has 1 amide bonds. The SMILES string of the molecule is CC(C)(C(=O)N1CCCc2ccccc21)c1ccc(N)cc1. The molecule has 3 rings (SSSR count). The standard InChI is InChI=1S/C19H22N2O/c1-19(2,15-9-11-16(20)12-10-15)18(22)21-13-5-7-14-6-3-4-8-17(14)21/h3-4,6,8-12H,5,7,13,20H2,1-2H3. The highest BCUT2D eigenvalue weighted by atomic mass is 16.2. The maximum absolute atomic E-state index is 13.2. The summed E-state index contributed by atoms with van der Waals surface area (Å²) in [6, 6.07) is 15.8. The van der Waals surface area contributed by atoms with Crippen LogP contribution < -0.4 is 10.6 Å². The Balaban J connectivity index is 1.95. The Bertz CT molecular complexity index is 689. The zero-order valence-corrected chi connectivity index (χ0v) is 13.2. The zero-order valence-electron chi connectivity index (χ0n) is 13.2. The van der Waals surface area contributed by atoms with Gasteiger partial charge in [-0.15, -0.1) is 0 Å². The van der Waals surface area contributed by atoms with Crippen molar-refractivity contribution < 1.29 is 4.79 Å². The molecule has 1 aliphatic rings. The van der Waals surface area contributed by atoms with Crippen LogP contribution in [0, 0.1) is 0 Å². The highest BCUT2D eigenvalue weighted by molar-refractivity contribution is 6.01. The molecule has 0 unspecified atom stereocenters. The summed E-state index contributed by atoms with van der Waals surface area (Å²) in [5, 5.41) is 0. The summed E-state index contributed by atoms with van der Waals surface area (Å²) in [7, 11) is 0. The number of amides is 1. The van der Waals surface area contributed by atoms with Gasteiger partial charge in [0.15, 0.2) is 0 Å². The number of carbonyl (C=O) groups is 1. The van der Waals surface area contributed by atoms with Crippen LogP contribution in [-0.2, 0) is 16.6 Å². The van der Waals surface area contributed by atoms with E-state index in [4.69, 9.17) is 5.73 Å². The largest absolute Gasteiger partial charge is 0.399 e. The first-order valence-electron chi connectivity index (χ1n) is 7.76. The lowest BCUT2D eigenvalue weighted by Gasteiger charge is -2.36. The molecule has 2 aromatic rings. The van der Waals surface area contributed by atoms with E-state index in [1.807, 2.05) is 61.2 Å². The number of hydrogen-bond acceptors (Lipinski definition) is 2. The van der Waals surface area contributed by atoms with Gasteiger partial charge in [0.1, 0.15) is 0 Å². The van der Waals surface area contributed by atoms with E-state index in [1.165, 1.54) is 5.56 Å². The molecule has 0 fully saturated rings. The Hall–Kier alpha value is -2.29. The molecule has 1 heterocycles. The Labute approximate surface area is 131 Å². The number of anilines is 2.